The van der Waals surface area contributed by atoms with Gasteiger partial charge in [0.05, 0.1) is 0 Å². The Labute approximate surface area is 134 Å². The summed E-state index contributed by atoms with van der Waals surface area (Å²) in [5, 5.41) is 2.84. The highest BCUT2D eigenvalue weighted by atomic mass is 16.5. The molecule has 0 unspecified atom stereocenters. The molecule has 1 amide bonds. The first kappa shape index (κ1) is 14.8. The van der Waals surface area contributed by atoms with E-state index in [4.69, 9.17) is 4.74 Å². The van der Waals surface area contributed by atoms with Gasteiger partial charge in [0.1, 0.15) is 11.4 Å². The van der Waals surface area contributed by atoms with Crippen LogP contribution in [0.25, 0.3) is 0 Å². The minimum absolute atomic E-state index is 0.198. The topological polar surface area (TPSA) is 51.2 Å². The molecule has 1 aromatic heterocycles. The van der Waals surface area contributed by atoms with Crippen LogP contribution in [-0.2, 0) is 0 Å². The minimum Gasteiger partial charge on any atom is -0.437 e. The fourth-order valence-corrected chi connectivity index (χ4v) is 2.07. The molecule has 4 heteroatoms. The molecule has 23 heavy (non-hydrogen) atoms. The van der Waals surface area contributed by atoms with E-state index < -0.39 is 0 Å². The second-order valence-electron chi connectivity index (χ2n) is 5.09. The standard InChI is InChI=1S/C19H16N2O2/c1-14-9-11-15(12-10-14)18(22)21-17-8-5-13-20-19(17)23-16-6-3-2-4-7-16/h2-13H,1H3,(H,21,22). The van der Waals surface area contributed by atoms with Gasteiger partial charge in [-0.25, -0.2) is 4.98 Å². The van der Waals surface area contributed by atoms with Crippen molar-refractivity contribution in [3.63, 3.8) is 0 Å². The maximum Gasteiger partial charge on any atom is 0.255 e. The molecule has 0 aliphatic rings. The number of ether oxygens (including phenoxy) is 1. The second-order valence-corrected chi connectivity index (χ2v) is 5.09. The Morgan fingerprint density at radius 1 is 0.957 bits per heavy atom. The fourth-order valence-electron chi connectivity index (χ4n) is 2.07. The monoisotopic (exact) mass is 304 g/mol. The molecule has 2 aromatic carbocycles. The largest absolute Gasteiger partial charge is 0.437 e. The Bertz CT molecular complexity index is 799. The van der Waals surface area contributed by atoms with E-state index >= 15 is 0 Å². The van der Waals surface area contributed by atoms with Crippen LogP contribution in [0.4, 0.5) is 5.69 Å². The van der Waals surface area contributed by atoms with Crippen molar-refractivity contribution in [3.05, 3.63) is 84.1 Å². The van der Waals surface area contributed by atoms with E-state index in [2.05, 4.69) is 10.3 Å². The van der Waals surface area contributed by atoms with Crippen LogP contribution in [0.5, 0.6) is 11.6 Å². The third kappa shape index (κ3) is 3.74. The van der Waals surface area contributed by atoms with Crippen LogP contribution < -0.4 is 10.1 Å². The second kappa shape index (κ2) is 6.75. The lowest BCUT2D eigenvalue weighted by Crippen LogP contribution is -2.12. The number of hydrogen-bond acceptors (Lipinski definition) is 3. The quantitative estimate of drug-likeness (QED) is 0.775. The third-order valence-electron chi connectivity index (χ3n) is 3.29. The van der Waals surface area contributed by atoms with E-state index in [0.29, 0.717) is 22.9 Å². The van der Waals surface area contributed by atoms with E-state index in [-0.39, 0.29) is 5.91 Å². The zero-order valence-corrected chi connectivity index (χ0v) is 12.7. The number of carbonyl (C=O) groups excluding carboxylic acids is 1. The lowest BCUT2D eigenvalue weighted by Gasteiger charge is -2.11. The molecule has 4 nitrogen and oxygen atoms in total. The molecule has 0 saturated carbocycles. The Morgan fingerprint density at radius 3 is 2.43 bits per heavy atom. The van der Waals surface area contributed by atoms with Crippen LogP contribution in [0.2, 0.25) is 0 Å². The number of benzene rings is 2. The van der Waals surface area contributed by atoms with Crippen LogP contribution in [0, 0.1) is 6.92 Å². The predicted octanol–water partition coefficient (Wildman–Crippen LogP) is 4.43. The summed E-state index contributed by atoms with van der Waals surface area (Å²) < 4.78 is 5.74. The lowest BCUT2D eigenvalue weighted by molar-refractivity contribution is 0.102. The summed E-state index contributed by atoms with van der Waals surface area (Å²) in [6.07, 6.45) is 1.62. The molecule has 3 rings (SSSR count). The Kier molecular flexibility index (Phi) is 4.34. The van der Waals surface area contributed by atoms with Crippen LogP contribution in [0.15, 0.2) is 72.9 Å². The first-order valence-corrected chi connectivity index (χ1v) is 7.28. The first-order valence-electron chi connectivity index (χ1n) is 7.28. The van der Waals surface area contributed by atoms with Gasteiger partial charge in [0.25, 0.3) is 5.91 Å². The number of aromatic nitrogens is 1. The number of para-hydroxylation sites is 1. The normalized spacial score (nSPS) is 10.1. The SMILES string of the molecule is Cc1ccc(C(=O)Nc2cccnc2Oc2ccccc2)cc1. The van der Waals surface area contributed by atoms with Crippen molar-refractivity contribution in [1.82, 2.24) is 4.98 Å². The number of hydrogen-bond donors (Lipinski definition) is 1. The molecule has 0 aliphatic carbocycles. The lowest BCUT2D eigenvalue weighted by atomic mass is 10.1. The molecule has 114 valence electrons. The van der Waals surface area contributed by atoms with Crippen molar-refractivity contribution in [2.24, 2.45) is 0 Å². The van der Waals surface area contributed by atoms with Crippen molar-refractivity contribution in [2.45, 2.75) is 6.92 Å². The summed E-state index contributed by atoms with van der Waals surface area (Å²) in [6, 6.07) is 20.2. The molecule has 0 spiro atoms. The summed E-state index contributed by atoms with van der Waals surface area (Å²) >= 11 is 0. The van der Waals surface area contributed by atoms with Gasteiger partial charge in [-0.05, 0) is 43.3 Å². The summed E-state index contributed by atoms with van der Waals surface area (Å²) in [4.78, 5) is 16.5. The Hall–Kier alpha value is -3.14. The van der Waals surface area contributed by atoms with Crippen molar-refractivity contribution < 1.29 is 9.53 Å². The van der Waals surface area contributed by atoms with Crippen molar-refractivity contribution in [2.75, 3.05) is 5.32 Å². The van der Waals surface area contributed by atoms with Gasteiger partial charge in [-0.3, -0.25) is 4.79 Å². The molecule has 0 radical (unpaired) electrons. The predicted molar refractivity (Wildman–Crippen MR) is 89.9 cm³/mol. The smallest absolute Gasteiger partial charge is 0.255 e. The fraction of sp³-hybridized carbons (Fsp3) is 0.0526. The maximum atomic E-state index is 12.3. The van der Waals surface area contributed by atoms with E-state index in [1.807, 2.05) is 49.4 Å². The molecule has 0 bridgehead atoms. The number of amides is 1. The van der Waals surface area contributed by atoms with Gasteiger partial charge in [0.15, 0.2) is 0 Å². The Balaban J connectivity index is 1.80. The summed E-state index contributed by atoms with van der Waals surface area (Å²) in [6.45, 7) is 1.98. The zero-order chi connectivity index (χ0) is 16.1. The van der Waals surface area contributed by atoms with E-state index in [0.717, 1.165) is 5.56 Å². The maximum absolute atomic E-state index is 12.3. The van der Waals surface area contributed by atoms with Gasteiger partial charge in [0.2, 0.25) is 5.88 Å². The van der Waals surface area contributed by atoms with Gasteiger partial charge < -0.3 is 10.1 Å². The first-order chi connectivity index (χ1) is 11.2. The van der Waals surface area contributed by atoms with Crippen molar-refractivity contribution in [1.29, 1.82) is 0 Å². The van der Waals surface area contributed by atoms with E-state index in [1.165, 1.54) is 0 Å². The highest BCUT2D eigenvalue weighted by Crippen LogP contribution is 2.26. The van der Waals surface area contributed by atoms with Crippen LogP contribution >= 0.6 is 0 Å². The molecule has 0 atom stereocenters. The number of aryl methyl sites for hydroxylation is 1. The number of rotatable bonds is 4. The molecule has 1 N–H and O–H groups in total. The molecule has 1 heterocycles. The van der Waals surface area contributed by atoms with E-state index in [1.54, 1.807) is 30.5 Å². The number of carbonyl (C=O) groups is 1. The molecular formula is C19H16N2O2. The van der Waals surface area contributed by atoms with Gasteiger partial charge in [0, 0.05) is 11.8 Å². The van der Waals surface area contributed by atoms with Gasteiger partial charge in [-0.15, -0.1) is 0 Å². The summed E-state index contributed by atoms with van der Waals surface area (Å²) in [7, 11) is 0. The minimum atomic E-state index is -0.198. The van der Waals surface area contributed by atoms with Gasteiger partial charge in [-0.1, -0.05) is 35.9 Å². The van der Waals surface area contributed by atoms with Crippen molar-refractivity contribution >= 4 is 11.6 Å². The number of pyridine rings is 1. The highest BCUT2D eigenvalue weighted by molar-refractivity contribution is 6.04. The highest BCUT2D eigenvalue weighted by Gasteiger charge is 2.11. The number of nitrogens with one attached hydrogen (secondary N) is 1. The average molecular weight is 304 g/mol. The van der Waals surface area contributed by atoms with Crippen molar-refractivity contribution in [3.8, 4) is 11.6 Å². The van der Waals surface area contributed by atoms with E-state index in [9.17, 15) is 4.79 Å². The molecule has 0 aliphatic heterocycles. The summed E-state index contributed by atoms with van der Waals surface area (Å²) in [5.41, 5.74) is 2.23. The average Bonchev–Trinajstić information content (AvgIpc) is 2.58. The Morgan fingerprint density at radius 2 is 1.70 bits per heavy atom. The molecule has 0 fully saturated rings. The molecule has 0 saturated heterocycles. The van der Waals surface area contributed by atoms with Crippen LogP contribution in [-0.4, -0.2) is 10.9 Å². The van der Waals surface area contributed by atoms with Crippen LogP contribution in [0.3, 0.4) is 0 Å². The summed E-state index contributed by atoms with van der Waals surface area (Å²) in [5.74, 6) is 0.826. The molecular weight excluding hydrogens is 288 g/mol. The number of anilines is 1. The molecule has 3 aromatic rings. The van der Waals surface area contributed by atoms with Gasteiger partial charge >= 0.3 is 0 Å². The zero-order valence-electron chi connectivity index (χ0n) is 12.7. The van der Waals surface area contributed by atoms with Crippen LogP contribution in [0.1, 0.15) is 15.9 Å². The number of nitrogens with zero attached hydrogens (tertiary/aromatic N) is 1. The third-order valence-corrected chi connectivity index (χ3v) is 3.29. The van der Waals surface area contributed by atoms with Gasteiger partial charge in [-0.2, -0.15) is 0 Å².